The van der Waals surface area contributed by atoms with E-state index in [4.69, 9.17) is 0 Å². The maximum Gasteiger partial charge on any atom is 0.286 e. The first-order valence-electron chi connectivity index (χ1n) is 9.59. The molecule has 2 aliphatic rings. The topological polar surface area (TPSA) is 122 Å². The molecule has 0 atom stereocenters. The minimum Gasteiger partial charge on any atom is -0.328 e. The molecule has 2 heterocycles. The highest BCUT2D eigenvalue weighted by atomic mass is 32.2. The number of fused-ring (bicyclic) bond motifs is 3. The number of hydrogen-bond acceptors (Lipinski definition) is 6. The number of rotatable bonds is 3. The Labute approximate surface area is 173 Å². The molecule has 1 fully saturated rings. The van der Waals surface area contributed by atoms with Crippen LogP contribution in [0.4, 0.5) is 17.1 Å². The van der Waals surface area contributed by atoms with Crippen molar-refractivity contribution in [1.82, 2.24) is 0 Å². The Kier molecular flexibility index (Phi) is 5.02. The lowest BCUT2D eigenvalue weighted by molar-refractivity contribution is -0.385. The van der Waals surface area contributed by atoms with Gasteiger partial charge in [0.05, 0.1) is 21.9 Å². The third-order valence-corrected chi connectivity index (χ3v) is 6.69. The Hall–Kier alpha value is -3.27. The summed E-state index contributed by atoms with van der Waals surface area (Å²) in [6.07, 6.45) is 3.44. The number of hydrogen-bond donors (Lipinski definition) is 1. The van der Waals surface area contributed by atoms with E-state index in [0.717, 1.165) is 19.3 Å². The van der Waals surface area contributed by atoms with Gasteiger partial charge in [0.2, 0.25) is 0 Å². The predicted molar refractivity (Wildman–Crippen MR) is 113 cm³/mol. The first kappa shape index (κ1) is 20.0. The molecule has 0 aliphatic carbocycles. The lowest BCUT2D eigenvalue weighted by atomic mass is 10.1. The molecule has 156 valence electrons. The molecule has 0 spiro atoms. The van der Waals surface area contributed by atoms with Gasteiger partial charge in [0.1, 0.15) is 10.7 Å². The first-order valence-corrected chi connectivity index (χ1v) is 11.0. The molecule has 0 aromatic heterocycles. The van der Waals surface area contributed by atoms with Crippen LogP contribution in [0, 0.1) is 17.0 Å². The van der Waals surface area contributed by atoms with Gasteiger partial charge in [-0.1, -0.05) is 12.5 Å². The van der Waals surface area contributed by atoms with Gasteiger partial charge >= 0.3 is 0 Å². The van der Waals surface area contributed by atoms with Crippen molar-refractivity contribution in [2.24, 2.45) is 4.40 Å². The number of nitro groups is 1. The molecule has 0 unspecified atom stereocenters. The Morgan fingerprint density at radius 3 is 2.77 bits per heavy atom. The minimum atomic E-state index is -3.91. The lowest BCUT2D eigenvalue weighted by Gasteiger charge is -2.29. The molecule has 1 saturated heterocycles. The van der Waals surface area contributed by atoms with E-state index < -0.39 is 20.9 Å². The van der Waals surface area contributed by atoms with Crippen molar-refractivity contribution in [3.8, 4) is 0 Å². The van der Waals surface area contributed by atoms with Gasteiger partial charge in [-0.15, -0.1) is 4.40 Å². The van der Waals surface area contributed by atoms with Crippen LogP contribution in [0.15, 0.2) is 45.7 Å². The maximum absolute atomic E-state index is 12.8. The van der Waals surface area contributed by atoms with E-state index >= 15 is 0 Å². The second-order valence-corrected chi connectivity index (χ2v) is 8.86. The Morgan fingerprint density at radius 1 is 1.20 bits per heavy atom. The van der Waals surface area contributed by atoms with E-state index in [1.54, 1.807) is 25.1 Å². The average Bonchev–Trinajstić information content (AvgIpc) is 2.94. The number of sulfonamides is 1. The molecule has 30 heavy (non-hydrogen) atoms. The minimum absolute atomic E-state index is 0.00318. The Morgan fingerprint density at radius 2 is 2.00 bits per heavy atom. The number of amides is 1. The second-order valence-electron chi connectivity index (χ2n) is 7.29. The molecule has 2 aromatic carbocycles. The molecule has 10 heteroatoms. The molecule has 1 amide bonds. The maximum atomic E-state index is 12.8. The molecule has 1 N–H and O–H groups in total. The standard InChI is InChI=1S/C20H20N4O5S/c1-13-15(6-5-7-16(13)24(26)27)21-20(25)14-9-10-17-18(12-14)30(28,29)22-19-8-3-2-4-11-23(17)19/h5-7,9-10,12H,2-4,8,11H2,1H3,(H,21,25). The molecule has 2 aliphatic heterocycles. The van der Waals surface area contributed by atoms with E-state index in [0.29, 0.717) is 35.7 Å². The summed E-state index contributed by atoms with van der Waals surface area (Å²) >= 11 is 0. The van der Waals surface area contributed by atoms with E-state index in [2.05, 4.69) is 9.71 Å². The zero-order chi connectivity index (χ0) is 21.5. The van der Waals surface area contributed by atoms with Crippen LogP contribution in [0.5, 0.6) is 0 Å². The van der Waals surface area contributed by atoms with E-state index in [1.807, 2.05) is 4.90 Å². The number of carbonyl (C=O) groups is 1. The fourth-order valence-corrected chi connectivity index (χ4v) is 5.06. The number of carbonyl (C=O) groups excluding carboxylic acids is 1. The molecule has 0 saturated carbocycles. The van der Waals surface area contributed by atoms with Crippen molar-refractivity contribution in [3.63, 3.8) is 0 Å². The SMILES string of the molecule is Cc1c(NC(=O)c2ccc3c(c2)S(=O)(=O)N=C2CCCCCN23)cccc1[N+](=O)[O-]. The number of amidine groups is 1. The lowest BCUT2D eigenvalue weighted by Crippen LogP contribution is -2.35. The summed E-state index contributed by atoms with van der Waals surface area (Å²) in [5, 5.41) is 13.7. The third kappa shape index (κ3) is 3.54. The van der Waals surface area contributed by atoms with E-state index in [-0.39, 0.29) is 16.1 Å². The fourth-order valence-electron chi connectivity index (χ4n) is 3.77. The molecular weight excluding hydrogens is 408 g/mol. The molecule has 0 bridgehead atoms. The Balaban J connectivity index is 1.68. The van der Waals surface area contributed by atoms with Gasteiger partial charge in [-0.2, -0.15) is 8.42 Å². The molecule has 4 rings (SSSR count). The summed E-state index contributed by atoms with van der Waals surface area (Å²) in [7, 11) is -3.91. The van der Waals surface area contributed by atoms with Crippen molar-refractivity contribution >= 4 is 38.8 Å². The van der Waals surface area contributed by atoms with Gasteiger partial charge in [0.15, 0.2) is 0 Å². The summed E-state index contributed by atoms with van der Waals surface area (Å²) in [6.45, 7) is 2.22. The van der Waals surface area contributed by atoms with Crippen molar-refractivity contribution in [2.45, 2.75) is 37.5 Å². The smallest absolute Gasteiger partial charge is 0.286 e. The first-order chi connectivity index (χ1) is 14.3. The zero-order valence-electron chi connectivity index (χ0n) is 16.3. The van der Waals surface area contributed by atoms with Crippen LogP contribution in [0.1, 0.15) is 41.6 Å². The Bertz CT molecular complexity index is 1190. The monoisotopic (exact) mass is 428 g/mol. The molecule has 9 nitrogen and oxygen atoms in total. The van der Waals surface area contributed by atoms with Crippen LogP contribution < -0.4 is 10.2 Å². The summed E-state index contributed by atoms with van der Waals surface area (Å²) in [5.41, 5.74) is 1.17. The van der Waals surface area contributed by atoms with Gasteiger partial charge in [-0.25, -0.2) is 0 Å². The number of nitrogens with one attached hydrogen (secondary N) is 1. The quantitative estimate of drug-likeness (QED) is 0.588. The van der Waals surface area contributed by atoms with Gasteiger partial charge in [-0.3, -0.25) is 14.9 Å². The molecule has 0 radical (unpaired) electrons. The summed E-state index contributed by atoms with van der Waals surface area (Å²) in [6, 6.07) is 8.90. The van der Waals surface area contributed by atoms with Gasteiger partial charge in [-0.05, 0) is 44.0 Å². The number of nitro benzene ring substituents is 1. The highest BCUT2D eigenvalue weighted by molar-refractivity contribution is 7.90. The van der Waals surface area contributed by atoms with Crippen LogP contribution in [0.3, 0.4) is 0 Å². The summed E-state index contributed by atoms with van der Waals surface area (Å²) in [5.74, 6) is -0.00772. The van der Waals surface area contributed by atoms with Crippen LogP contribution in [0.25, 0.3) is 0 Å². The number of benzene rings is 2. The van der Waals surface area contributed by atoms with Crippen LogP contribution in [0.2, 0.25) is 0 Å². The van der Waals surface area contributed by atoms with Crippen LogP contribution in [-0.2, 0) is 10.0 Å². The fraction of sp³-hybridized carbons (Fsp3) is 0.300. The highest BCUT2D eigenvalue weighted by Gasteiger charge is 2.32. The second kappa shape index (κ2) is 7.52. The number of nitrogens with zero attached hydrogens (tertiary/aromatic N) is 3. The van der Waals surface area contributed by atoms with Crippen molar-refractivity contribution in [2.75, 3.05) is 16.8 Å². The predicted octanol–water partition coefficient (Wildman–Crippen LogP) is 3.64. The average molecular weight is 428 g/mol. The van der Waals surface area contributed by atoms with Crippen LogP contribution in [-0.4, -0.2) is 31.6 Å². The third-order valence-electron chi connectivity index (χ3n) is 5.36. The normalized spacial score (nSPS) is 17.2. The number of anilines is 2. The van der Waals surface area contributed by atoms with E-state index in [9.17, 15) is 23.3 Å². The van der Waals surface area contributed by atoms with Crippen molar-refractivity contribution < 1.29 is 18.1 Å². The zero-order valence-corrected chi connectivity index (χ0v) is 17.1. The summed E-state index contributed by atoms with van der Waals surface area (Å²) in [4.78, 5) is 25.3. The van der Waals surface area contributed by atoms with Gasteiger partial charge in [0.25, 0.3) is 21.6 Å². The van der Waals surface area contributed by atoms with Crippen molar-refractivity contribution in [3.05, 3.63) is 57.6 Å². The molecule has 2 aromatic rings. The van der Waals surface area contributed by atoms with Crippen molar-refractivity contribution in [1.29, 1.82) is 0 Å². The van der Waals surface area contributed by atoms with E-state index in [1.165, 1.54) is 18.2 Å². The largest absolute Gasteiger partial charge is 0.328 e. The molecular formula is C20H20N4O5S. The van der Waals surface area contributed by atoms with Crippen LogP contribution >= 0.6 is 0 Å². The summed E-state index contributed by atoms with van der Waals surface area (Å²) < 4.78 is 29.4. The highest BCUT2D eigenvalue weighted by Crippen LogP contribution is 2.35. The van der Waals surface area contributed by atoms with Gasteiger partial charge in [0, 0.05) is 24.6 Å². The van der Waals surface area contributed by atoms with Gasteiger partial charge < -0.3 is 10.2 Å².